The summed E-state index contributed by atoms with van der Waals surface area (Å²) in [4.78, 5) is 11.6. The van der Waals surface area contributed by atoms with E-state index in [0.717, 1.165) is 31.9 Å². The fourth-order valence-electron chi connectivity index (χ4n) is 3.13. The number of fused-ring (bicyclic) bond motifs is 1. The van der Waals surface area contributed by atoms with E-state index in [-0.39, 0.29) is 0 Å². The number of nitrogens with zero attached hydrogens (tertiary/aromatic N) is 4. The SMILES string of the molecule is CCc1cccc2sc(N3CC(Cn4ccnc4C)C3)nc12. The first-order valence-electron chi connectivity index (χ1n) is 7.85. The fraction of sp³-hybridized carbons (Fsp3) is 0.412. The van der Waals surface area contributed by atoms with Crippen LogP contribution in [0, 0.1) is 12.8 Å². The van der Waals surface area contributed by atoms with Gasteiger partial charge in [0.05, 0.1) is 10.2 Å². The molecule has 1 aromatic carbocycles. The van der Waals surface area contributed by atoms with Crippen molar-refractivity contribution in [3.63, 3.8) is 0 Å². The van der Waals surface area contributed by atoms with Crippen molar-refractivity contribution < 1.29 is 0 Å². The maximum absolute atomic E-state index is 4.88. The number of hydrogen-bond acceptors (Lipinski definition) is 4. The zero-order valence-corrected chi connectivity index (χ0v) is 13.8. The zero-order chi connectivity index (χ0) is 15.1. The Bertz CT molecular complexity index is 798. The molecule has 0 amide bonds. The van der Waals surface area contributed by atoms with Gasteiger partial charge in [0.1, 0.15) is 5.82 Å². The number of aromatic nitrogens is 3. The lowest BCUT2D eigenvalue weighted by Crippen LogP contribution is -2.48. The summed E-state index contributed by atoms with van der Waals surface area (Å²) in [7, 11) is 0. The molecule has 114 valence electrons. The van der Waals surface area contributed by atoms with Crippen molar-refractivity contribution in [2.24, 2.45) is 5.92 Å². The van der Waals surface area contributed by atoms with Crippen LogP contribution >= 0.6 is 11.3 Å². The fourth-order valence-corrected chi connectivity index (χ4v) is 4.16. The smallest absolute Gasteiger partial charge is 0.186 e. The Balaban J connectivity index is 1.47. The Morgan fingerprint density at radius 3 is 2.91 bits per heavy atom. The van der Waals surface area contributed by atoms with Gasteiger partial charge in [0.15, 0.2) is 5.13 Å². The molecule has 4 rings (SSSR count). The highest BCUT2D eigenvalue weighted by Crippen LogP contribution is 2.34. The number of hydrogen-bond donors (Lipinski definition) is 0. The van der Waals surface area contributed by atoms with E-state index in [1.54, 1.807) is 0 Å². The van der Waals surface area contributed by atoms with Crippen LogP contribution in [0.4, 0.5) is 5.13 Å². The molecule has 2 aromatic heterocycles. The third-order valence-corrected chi connectivity index (χ3v) is 5.56. The number of anilines is 1. The van der Waals surface area contributed by atoms with Crippen LogP contribution in [0.1, 0.15) is 18.3 Å². The number of rotatable bonds is 4. The van der Waals surface area contributed by atoms with Gasteiger partial charge in [-0.1, -0.05) is 30.4 Å². The first kappa shape index (κ1) is 13.8. The first-order chi connectivity index (χ1) is 10.7. The minimum atomic E-state index is 0.700. The van der Waals surface area contributed by atoms with Gasteiger partial charge in [-0.2, -0.15) is 0 Å². The molecule has 0 spiro atoms. The van der Waals surface area contributed by atoms with Crippen molar-refractivity contribution in [3.8, 4) is 0 Å². The van der Waals surface area contributed by atoms with Gasteiger partial charge in [0.25, 0.3) is 0 Å². The number of para-hydroxylation sites is 1. The Kier molecular flexibility index (Phi) is 3.37. The van der Waals surface area contributed by atoms with E-state index in [2.05, 4.69) is 52.7 Å². The summed E-state index contributed by atoms with van der Waals surface area (Å²) in [6.07, 6.45) is 5.00. The minimum absolute atomic E-state index is 0.700. The second kappa shape index (κ2) is 5.39. The van der Waals surface area contributed by atoms with Crippen LogP contribution in [0.25, 0.3) is 10.2 Å². The minimum Gasteiger partial charge on any atom is -0.347 e. The third-order valence-electron chi connectivity index (χ3n) is 4.48. The molecule has 0 saturated carbocycles. The van der Waals surface area contributed by atoms with Gasteiger partial charge in [-0.25, -0.2) is 9.97 Å². The summed E-state index contributed by atoms with van der Waals surface area (Å²) in [6, 6.07) is 6.51. The van der Waals surface area contributed by atoms with Gasteiger partial charge in [0.2, 0.25) is 0 Å². The molecular weight excluding hydrogens is 292 g/mol. The number of imidazole rings is 1. The number of benzene rings is 1. The van der Waals surface area contributed by atoms with Crippen molar-refractivity contribution in [2.45, 2.75) is 26.8 Å². The average molecular weight is 312 g/mol. The van der Waals surface area contributed by atoms with Gasteiger partial charge >= 0.3 is 0 Å². The second-order valence-electron chi connectivity index (χ2n) is 6.01. The Morgan fingerprint density at radius 2 is 2.18 bits per heavy atom. The molecule has 0 aliphatic carbocycles. The summed E-state index contributed by atoms with van der Waals surface area (Å²) in [6.45, 7) is 7.52. The van der Waals surface area contributed by atoms with Crippen molar-refractivity contribution in [2.75, 3.05) is 18.0 Å². The molecular formula is C17H20N4S. The van der Waals surface area contributed by atoms with E-state index in [1.165, 1.54) is 20.9 Å². The molecule has 22 heavy (non-hydrogen) atoms. The summed E-state index contributed by atoms with van der Waals surface area (Å²) in [5.41, 5.74) is 2.55. The van der Waals surface area contributed by atoms with Crippen molar-refractivity contribution in [3.05, 3.63) is 42.0 Å². The molecule has 1 aliphatic rings. The Labute approximate surface area is 134 Å². The normalized spacial score (nSPS) is 15.5. The molecule has 1 saturated heterocycles. The van der Waals surface area contributed by atoms with Gasteiger partial charge in [0, 0.05) is 37.9 Å². The summed E-state index contributed by atoms with van der Waals surface area (Å²) in [5, 5.41) is 1.18. The average Bonchev–Trinajstić information content (AvgIpc) is 3.07. The third kappa shape index (κ3) is 2.29. The van der Waals surface area contributed by atoms with Crippen molar-refractivity contribution in [1.82, 2.24) is 14.5 Å². The van der Waals surface area contributed by atoms with Crippen LogP contribution in [0.3, 0.4) is 0 Å². The van der Waals surface area contributed by atoms with E-state index >= 15 is 0 Å². The van der Waals surface area contributed by atoms with Crippen LogP contribution < -0.4 is 4.90 Å². The molecule has 3 heterocycles. The summed E-state index contributed by atoms with van der Waals surface area (Å²) >= 11 is 1.82. The molecule has 0 radical (unpaired) electrons. The standard InChI is InChI=1S/C17H20N4S/c1-3-14-5-4-6-15-16(14)19-17(22-15)21-10-13(11-21)9-20-8-7-18-12(20)2/h4-8,13H,3,9-11H2,1-2H3. The molecule has 0 N–H and O–H groups in total. The molecule has 5 heteroatoms. The molecule has 0 bridgehead atoms. The lowest BCUT2D eigenvalue weighted by Gasteiger charge is -2.39. The van der Waals surface area contributed by atoms with Crippen LogP contribution in [-0.4, -0.2) is 27.6 Å². The van der Waals surface area contributed by atoms with Crippen LogP contribution in [-0.2, 0) is 13.0 Å². The van der Waals surface area contributed by atoms with Gasteiger partial charge in [-0.05, 0) is 25.0 Å². The molecule has 4 nitrogen and oxygen atoms in total. The summed E-state index contributed by atoms with van der Waals surface area (Å²) < 4.78 is 3.55. The molecule has 1 aliphatic heterocycles. The van der Waals surface area contributed by atoms with E-state index < -0.39 is 0 Å². The molecule has 1 fully saturated rings. The van der Waals surface area contributed by atoms with E-state index in [1.807, 2.05) is 17.5 Å². The molecule has 0 atom stereocenters. The predicted octanol–water partition coefficient (Wildman–Crippen LogP) is 3.50. The van der Waals surface area contributed by atoms with Crippen LogP contribution in [0.2, 0.25) is 0 Å². The van der Waals surface area contributed by atoms with Crippen LogP contribution in [0.5, 0.6) is 0 Å². The largest absolute Gasteiger partial charge is 0.347 e. The number of aryl methyl sites for hydroxylation is 2. The topological polar surface area (TPSA) is 34.0 Å². The number of thiazole rings is 1. The van der Waals surface area contributed by atoms with E-state index in [0.29, 0.717) is 5.92 Å². The van der Waals surface area contributed by atoms with Crippen molar-refractivity contribution >= 4 is 26.7 Å². The maximum Gasteiger partial charge on any atom is 0.186 e. The Morgan fingerprint density at radius 1 is 1.32 bits per heavy atom. The zero-order valence-electron chi connectivity index (χ0n) is 13.0. The highest BCUT2D eigenvalue weighted by atomic mass is 32.1. The lowest BCUT2D eigenvalue weighted by atomic mass is 10.0. The van der Waals surface area contributed by atoms with E-state index in [4.69, 9.17) is 4.98 Å². The highest BCUT2D eigenvalue weighted by Gasteiger charge is 2.29. The van der Waals surface area contributed by atoms with Crippen LogP contribution in [0.15, 0.2) is 30.6 Å². The quantitative estimate of drug-likeness (QED) is 0.739. The van der Waals surface area contributed by atoms with Gasteiger partial charge in [-0.15, -0.1) is 0 Å². The Hall–Kier alpha value is -1.88. The van der Waals surface area contributed by atoms with Crippen molar-refractivity contribution in [1.29, 1.82) is 0 Å². The monoisotopic (exact) mass is 312 g/mol. The second-order valence-corrected chi connectivity index (χ2v) is 7.02. The van der Waals surface area contributed by atoms with Gasteiger partial charge in [-0.3, -0.25) is 0 Å². The highest BCUT2D eigenvalue weighted by molar-refractivity contribution is 7.22. The molecule has 0 unspecified atom stereocenters. The van der Waals surface area contributed by atoms with E-state index in [9.17, 15) is 0 Å². The lowest BCUT2D eigenvalue weighted by molar-refractivity contribution is 0.354. The predicted molar refractivity (Wildman–Crippen MR) is 91.7 cm³/mol. The molecule has 3 aromatic rings. The van der Waals surface area contributed by atoms with Gasteiger partial charge < -0.3 is 9.47 Å². The maximum atomic E-state index is 4.88. The summed E-state index contributed by atoms with van der Waals surface area (Å²) in [5.74, 6) is 1.80. The first-order valence-corrected chi connectivity index (χ1v) is 8.67.